The van der Waals surface area contributed by atoms with E-state index in [2.05, 4.69) is 20.9 Å². The number of aromatic nitrogens is 1. The van der Waals surface area contributed by atoms with Crippen LogP contribution in [0.25, 0.3) is 0 Å². The molecule has 3 atom stereocenters. The summed E-state index contributed by atoms with van der Waals surface area (Å²) < 4.78 is 5.39. The Balaban J connectivity index is 1.66. The number of hydrogen-bond donors (Lipinski definition) is 4. The number of nitrogens with two attached hydrogens (primary N) is 1. The Morgan fingerprint density at radius 3 is 2.61 bits per heavy atom. The average Bonchev–Trinajstić information content (AvgIpc) is 3.61. The summed E-state index contributed by atoms with van der Waals surface area (Å²) in [6, 6.07) is -2.10. The minimum Gasteiger partial charge on any atom is -0.396 e. The molecule has 1 saturated carbocycles. The van der Waals surface area contributed by atoms with E-state index in [0.29, 0.717) is 44.6 Å². The summed E-state index contributed by atoms with van der Waals surface area (Å²) in [6.07, 6.45) is 10.9. The number of rotatable bonds is 15. The maximum atomic E-state index is 13.6. The zero-order valence-corrected chi connectivity index (χ0v) is 23.1. The van der Waals surface area contributed by atoms with Crippen LogP contribution in [-0.2, 0) is 19.2 Å². The van der Waals surface area contributed by atoms with Crippen molar-refractivity contribution in [3.63, 3.8) is 0 Å². The van der Waals surface area contributed by atoms with Crippen LogP contribution in [0.5, 0.6) is 5.19 Å². The third-order valence-electron chi connectivity index (χ3n) is 7.32. The first kappa shape index (κ1) is 30.0. The molecule has 2 aliphatic rings. The van der Waals surface area contributed by atoms with Crippen molar-refractivity contribution >= 4 is 35.0 Å². The molecule has 0 spiro atoms. The van der Waals surface area contributed by atoms with Crippen molar-refractivity contribution in [2.75, 3.05) is 26.7 Å². The molecule has 3 rings (SSSR count). The molecule has 1 aliphatic carbocycles. The standard InChI is InChI=1S/C26H42N6O5S/c1-28-12-6-5-10-19(25(36)37-26-29-13-15-38-26)31-23(34)21-11-7-14-32(21)24(35)20(30-17-22(27)33)16-18-8-3-2-4-9-18/h13,15,18-21,28,30H,2-12,14,16-17H2,1H3,(H2,27,33)(H,31,34)/t19-,20+,21-/m0/s1. The number of carbonyl (C=O) groups excluding carboxylic acids is 4. The van der Waals surface area contributed by atoms with Crippen LogP contribution >= 0.6 is 11.3 Å². The lowest BCUT2D eigenvalue weighted by molar-refractivity contribution is -0.143. The van der Waals surface area contributed by atoms with E-state index in [4.69, 9.17) is 10.5 Å². The quantitative estimate of drug-likeness (QED) is 0.188. The number of hydrogen-bond acceptors (Lipinski definition) is 9. The molecule has 5 N–H and O–H groups in total. The number of ether oxygens (including phenoxy) is 1. The molecule has 2 fully saturated rings. The zero-order chi connectivity index (χ0) is 27.3. The van der Waals surface area contributed by atoms with Crippen LogP contribution in [0.2, 0.25) is 0 Å². The Hall–Kier alpha value is -2.57. The first-order valence-electron chi connectivity index (χ1n) is 13.8. The predicted octanol–water partition coefficient (Wildman–Crippen LogP) is 1.33. The third-order valence-corrected chi connectivity index (χ3v) is 7.97. The molecule has 1 aromatic rings. The van der Waals surface area contributed by atoms with Crippen LogP contribution in [0.3, 0.4) is 0 Å². The van der Waals surface area contributed by atoms with E-state index < -0.39 is 30.0 Å². The van der Waals surface area contributed by atoms with Gasteiger partial charge in [-0.05, 0) is 58.0 Å². The maximum Gasteiger partial charge on any atom is 0.335 e. The van der Waals surface area contributed by atoms with Gasteiger partial charge in [-0.25, -0.2) is 9.78 Å². The highest BCUT2D eigenvalue weighted by Gasteiger charge is 2.39. The highest BCUT2D eigenvalue weighted by molar-refractivity contribution is 7.11. The van der Waals surface area contributed by atoms with Gasteiger partial charge in [-0.1, -0.05) is 43.4 Å². The van der Waals surface area contributed by atoms with E-state index in [1.54, 1.807) is 16.5 Å². The molecular formula is C26H42N6O5S. The van der Waals surface area contributed by atoms with Gasteiger partial charge in [0.05, 0.1) is 12.6 Å². The molecule has 1 saturated heterocycles. The van der Waals surface area contributed by atoms with Crippen molar-refractivity contribution in [2.24, 2.45) is 11.7 Å². The molecule has 11 nitrogen and oxygen atoms in total. The highest BCUT2D eigenvalue weighted by Crippen LogP contribution is 2.29. The third kappa shape index (κ3) is 9.32. The van der Waals surface area contributed by atoms with E-state index in [0.717, 1.165) is 38.6 Å². The minimum atomic E-state index is -0.841. The molecule has 0 unspecified atom stereocenters. The average molecular weight is 551 g/mol. The monoisotopic (exact) mass is 550 g/mol. The smallest absolute Gasteiger partial charge is 0.335 e. The summed E-state index contributed by atoms with van der Waals surface area (Å²) in [5, 5.41) is 10.9. The summed E-state index contributed by atoms with van der Waals surface area (Å²) in [7, 11) is 1.86. The van der Waals surface area contributed by atoms with Gasteiger partial charge in [-0.2, -0.15) is 0 Å². The fourth-order valence-electron chi connectivity index (χ4n) is 5.34. The second-order valence-corrected chi connectivity index (χ2v) is 11.1. The van der Waals surface area contributed by atoms with Crippen molar-refractivity contribution in [2.45, 2.75) is 88.8 Å². The van der Waals surface area contributed by atoms with Crippen LogP contribution in [0.4, 0.5) is 0 Å². The summed E-state index contributed by atoms with van der Waals surface area (Å²) in [4.78, 5) is 57.0. The summed E-state index contributed by atoms with van der Waals surface area (Å²) in [5.41, 5.74) is 5.35. The molecule has 0 bridgehead atoms. The first-order valence-corrected chi connectivity index (χ1v) is 14.6. The lowest BCUT2D eigenvalue weighted by Crippen LogP contribution is -2.56. The first-order chi connectivity index (χ1) is 18.4. The Kier molecular flexibility index (Phi) is 12.4. The van der Waals surface area contributed by atoms with Crippen molar-refractivity contribution in [3.05, 3.63) is 11.6 Å². The zero-order valence-electron chi connectivity index (χ0n) is 22.3. The van der Waals surface area contributed by atoms with Gasteiger partial charge in [-0.3, -0.25) is 19.7 Å². The number of esters is 1. The molecule has 212 valence electrons. The fourth-order valence-corrected chi connectivity index (χ4v) is 5.83. The lowest BCUT2D eigenvalue weighted by atomic mass is 9.84. The number of unbranched alkanes of at least 4 members (excludes halogenated alkanes) is 1. The number of likely N-dealkylation sites (tertiary alicyclic amines) is 1. The molecule has 38 heavy (non-hydrogen) atoms. The number of nitrogens with one attached hydrogen (secondary N) is 3. The van der Waals surface area contributed by atoms with Gasteiger partial charge in [0.25, 0.3) is 5.19 Å². The van der Waals surface area contributed by atoms with Crippen LogP contribution < -0.4 is 26.4 Å². The summed E-state index contributed by atoms with van der Waals surface area (Å²) in [6.45, 7) is 1.16. The second-order valence-electron chi connectivity index (χ2n) is 10.2. The van der Waals surface area contributed by atoms with Crippen molar-refractivity contribution in [1.82, 2.24) is 25.8 Å². The summed E-state index contributed by atoms with van der Waals surface area (Å²) >= 11 is 1.20. The Bertz CT molecular complexity index is 908. The molecule has 12 heteroatoms. The lowest BCUT2D eigenvalue weighted by Gasteiger charge is -2.32. The number of nitrogens with zero attached hydrogens (tertiary/aromatic N) is 2. The Labute approximate surface area is 228 Å². The maximum absolute atomic E-state index is 13.6. The Morgan fingerprint density at radius 1 is 1.13 bits per heavy atom. The minimum absolute atomic E-state index is 0.0921. The second kappa shape index (κ2) is 15.7. The van der Waals surface area contributed by atoms with E-state index in [1.165, 1.54) is 17.8 Å². The molecule has 1 aromatic heterocycles. The van der Waals surface area contributed by atoms with E-state index in [1.807, 2.05) is 7.05 Å². The molecule has 0 radical (unpaired) electrons. The number of thiazole rings is 1. The molecule has 2 heterocycles. The van der Waals surface area contributed by atoms with E-state index in [-0.39, 0.29) is 23.6 Å². The van der Waals surface area contributed by atoms with Gasteiger partial charge < -0.3 is 26.0 Å². The Morgan fingerprint density at radius 2 is 1.92 bits per heavy atom. The van der Waals surface area contributed by atoms with Gasteiger partial charge in [-0.15, -0.1) is 0 Å². The number of amides is 3. The summed E-state index contributed by atoms with van der Waals surface area (Å²) in [5.74, 6) is -1.24. The van der Waals surface area contributed by atoms with Gasteiger partial charge in [0.2, 0.25) is 17.7 Å². The SMILES string of the molecule is CNCCCC[C@H](NC(=O)[C@@H]1CCCN1C(=O)[C@@H](CC1CCCCC1)NCC(N)=O)C(=O)Oc1nccs1. The molecule has 1 aliphatic heterocycles. The van der Waals surface area contributed by atoms with E-state index >= 15 is 0 Å². The largest absolute Gasteiger partial charge is 0.396 e. The molecule has 3 amide bonds. The van der Waals surface area contributed by atoms with Gasteiger partial charge in [0.15, 0.2) is 0 Å². The van der Waals surface area contributed by atoms with Crippen molar-refractivity contribution in [3.8, 4) is 5.19 Å². The topological polar surface area (TPSA) is 156 Å². The van der Waals surface area contributed by atoms with Crippen LogP contribution in [0, 0.1) is 5.92 Å². The van der Waals surface area contributed by atoms with Crippen molar-refractivity contribution < 1.29 is 23.9 Å². The van der Waals surface area contributed by atoms with Crippen molar-refractivity contribution in [1.29, 1.82) is 0 Å². The van der Waals surface area contributed by atoms with E-state index in [9.17, 15) is 19.2 Å². The number of primary amides is 1. The van der Waals surface area contributed by atoms with Gasteiger partial charge in [0, 0.05) is 18.1 Å². The normalized spacial score (nSPS) is 19.6. The number of carbonyl (C=O) groups is 4. The molecule has 0 aromatic carbocycles. The predicted molar refractivity (Wildman–Crippen MR) is 144 cm³/mol. The van der Waals surface area contributed by atoms with Crippen LogP contribution in [-0.4, -0.2) is 78.4 Å². The van der Waals surface area contributed by atoms with Gasteiger partial charge >= 0.3 is 5.97 Å². The van der Waals surface area contributed by atoms with Crippen LogP contribution in [0.15, 0.2) is 11.6 Å². The van der Waals surface area contributed by atoms with Crippen LogP contribution in [0.1, 0.15) is 70.6 Å². The highest BCUT2D eigenvalue weighted by atomic mass is 32.1. The molecular weight excluding hydrogens is 508 g/mol. The van der Waals surface area contributed by atoms with Gasteiger partial charge in [0.1, 0.15) is 12.1 Å². The fraction of sp³-hybridized carbons (Fsp3) is 0.731.